The van der Waals surface area contributed by atoms with E-state index in [1.165, 1.54) is 11.3 Å². The summed E-state index contributed by atoms with van der Waals surface area (Å²) in [6.45, 7) is 2.46. The van der Waals surface area contributed by atoms with Gasteiger partial charge in [-0.25, -0.2) is 4.99 Å². The molecular weight excluding hydrogens is 451 g/mol. The molecule has 0 aromatic rings. The van der Waals surface area contributed by atoms with Gasteiger partial charge >= 0.3 is 0 Å². The molecule has 2 rings (SSSR count). The smallest absolute Gasteiger partial charge is 0.243 e. The molecule has 0 bridgehead atoms. The van der Waals surface area contributed by atoms with Crippen LogP contribution in [0.4, 0.5) is 0 Å². The molecule has 2 aliphatic rings. The van der Waals surface area contributed by atoms with Crippen LogP contribution in [-0.2, 0) is 19.0 Å². The number of hydrogen-bond donors (Lipinski definition) is 2. The van der Waals surface area contributed by atoms with E-state index in [4.69, 9.17) is 14.2 Å². The van der Waals surface area contributed by atoms with E-state index < -0.39 is 0 Å². The van der Waals surface area contributed by atoms with E-state index in [2.05, 4.69) is 15.6 Å². The van der Waals surface area contributed by atoms with Gasteiger partial charge in [0.05, 0.1) is 13.2 Å². The van der Waals surface area contributed by atoms with Crippen LogP contribution in [0.3, 0.4) is 0 Å². The van der Waals surface area contributed by atoms with Crippen molar-refractivity contribution < 1.29 is 19.0 Å². The van der Waals surface area contributed by atoms with Crippen molar-refractivity contribution in [3.8, 4) is 0 Å². The average molecular weight is 484 g/mol. The molecule has 1 saturated carbocycles. The van der Waals surface area contributed by atoms with Crippen molar-refractivity contribution in [2.75, 3.05) is 54.1 Å². The molecule has 9 heteroatoms. The quantitative estimate of drug-likeness (QED) is 0.242. The van der Waals surface area contributed by atoms with Gasteiger partial charge < -0.3 is 29.7 Å². The van der Waals surface area contributed by atoms with Gasteiger partial charge in [0.25, 0.3) is 0 Å². The molecule has 1 amide bonds. The maximum Gasteiger partial charge on any atom is 0.243 e. The number of likely N-dealkylation sites (N-methyl/N-ethyl adjacent to an activating group) is 1. The predicted octanol–water partition coefficient (Wildman–Crippen LogP) is 0.950. The van der Waals surface area contributed by atoms with Gasteiger partial charge in [0.2, 0.25) is 5.91 Å². The van der Waals surface area contributed by atoms with Crippen LogP contribution in [0.5, 0.6) is 0 Å². The first-order chi connectivity index (χ1) is 12.0. The van der Waals surface area contributed by atoms with Gasteiger partial charge in [-0.15, -0.1) is 24.0 Å². The second-order valence-electron chi connectivity index (χ2n) is 6.78. The van der Waals surface area contributed by atoms with Crippen molar-refractivity contribution in [2.45, 2.75) is 44.0 Å². The zero-order chi connectivity index (χ0) is 18.1. The summed E-state index contributed by atoms with van der Waals surface area (Å²) >= 11 is 0. The van der Waals surface area contributed by atoms with Gasteiger partial charge in [0.15, 0.2) is 11.7 Å². The molecular formula is C17H33IN4O4. The number of ether oxygens (including phenoxy) is 3. The van der Waals surface area contributed by atoms with Gasteiger partial charge in [-0.1, -0.05) is 6.42 Å². The fraction of sp³-hybridized carbons (Fsp3) is 0.882. The highest BCUT2D eigenvalue weighted by Gasteiger charge is 2.42. The highest BCUT2D eigenvalue weighted by Crippen LogP contribution is 2.37. The zero-order valence-corrected chi connectivity index (χ0v) is 18.4. The summed E-state index contributed by atoms with van der Waals surface area (Å²) in [5, 5.41) is 6.40. The molecule has 1 saturated heterocycles. The summed E-state index contributed by atoms with van der Waals surface area (Å²) in [7, 11) is 5.09. The normalized spacial score (nSPS) is 22.0. The average Bonchev–Trinajstić information content (AvgIpc) is 2.99. The predicted molar refractivity (Wildman–Crippen MR) is 111 cm³/mol. The van der Waals surface area contributed by atoms with E-state index in [9.17, 15) is 4.79 Å². The Morgan fingerprint density at radius 1 is 1.27 bits per heavy atom. The Hall–Kier alpha value is -0.650. The lowest BCUT2D eigenvalue weighted by Crippen LogP contribution is -2.44. The zero-order valence-electron chi connectivity index (χ0n) is 16.1. The molecule has 26 heavy (non-hydrogen) atoms. The summed E-state index contributed by atoms with van der Waals surface area (Å²) < 4.78 is 17.2. The molecule has 152 valence electrons. The van der Waals surface area contributed by atoms with E-state index in [1.807, 2.05) is 0 Å². The molecule has 0 aromatic heterocycles. The van der Waals surface area contributed by atoms with Crippen molar-refractivity contribution in [1.29, 1.82) is 0 Å². The number of methoxy groups -OCH3 is 1. The van der Waals surface area contributed by atoms with Crippen LogP contribution in [0.2, 0.25) is 0 Å². The van der Waals surface area contributed by atoms with E-state index in [0.717, 1.165) is 25.7 Å². The molecule has 1 heterocycles. The molecule has 1 unspecified atom stereocenters. The van der Waals surface area contributed by atoms with Crippen LogP contribution >= 0.6 is 24.0 Å². The minimum absolute atomic E-state index is 0. The number of nitrogens with zero attached hydrogens (tertiary/aromatic N) is 2. The van der Waals surface area contributed by atoms with Gasteiger partial charge in [0, 0.05) is 47.1 Å². The third kappa shape index (κ3) is 7.53. The maximum atomic E-state index is 11.7. The Kier molecular flexibility index (Phi) is 10.7. The minimum atomic E-state index is -0.369. The first kappa shape index (κ1) is 23.4. The van der Waals surface area contributed by atoms with Crippen LogP contribution in [0.1, 0.15) is 32.1 Å². The van der Waals surface area contributed by atoms with Gasteiger partial charge in [-0.05, 0) is 12.8 Å². The Morgan fingerprint density at radius 3 is 2.65 bits per heavy atom. The summed E-state index contributed by atoms with van der Waals surface area (Å²) in [5.41, 5.74) is 0. The maximum absolute atomic E-state index is 11.7. The summed E-state index contributed by atoms with van der Waals surface area (Å²) in [6, 6.07) is 0. The Bertz CT molecular complexity index is 456. The van der Waals surface area contributed by atoms with E-state index in [1.54, 1.807) is 21.2 Å². The first-order valence-corrected chi connectivity index (χ1v) is 9.08. The molecule has 1 aliphatic carbocycles. The van der Waals surface area contributed by atoms with E-state index in [0.29, 0.717) is 32.3 Å². The van der Waals surface area contributed by atoms with Crippen LogP contribution in [0.25, 0.3) is 0 Å². The minimum Gasteiger partial charge on any atom is -0.383 e. The highest BCUT2D eigenvalue weighted by molar-refractivity contribution is 14.0. The number of nitrogens with one attached hydrogen (secondary N) is 2. The third-order valence-corrected chi connectivity index (χ3v) is 4.50. The standard InChI is InChI=1S/C17H32N4O4.HI/c1-21(2)15(22)12-20-16(18-9-10-23-3)19-11-14-13-24-17(25-14)7-5-4-6-8-17;/h14H,4-13H2,1-3H3,(H2,18,19,20);1H. The Morgan fingerprint density at radius 2 is 2.00 bits per heavy atom. The van der Waals surface area contributed by atoms with Gasteiger partial charge in [-0.3, -0.25) is 4.79 Å². The van der Waals surface area contributed by atoms with Crippen molar-refractivity contribution in [1.82, 2.24) is 15.5 Å². The number of halogens is 1. The number of rotatable bonds is 7. The third-order valence-electron chi connectivity index (χ3n) is 4.50. The first-order valence-electron chi connectivity index (χ1n) is 9.08. The van der Waals surface area contributed by atoms with E-state index >= 15 is 0 Å². The van der Waals surface area contributed by atoms with Crippen molar-refractivity contribution >= 4 is 35.8 Å². The highest BCUT2D eigenvalue weighted by atomic mass is 127. The van der Waals surface area contributed by atoms with Gasteiger partial charge in [0.1, 0.15) is 12.6 Å². The van der Waals surface area contributed by atoms with Crippen LogP contribution in [0.15, 0.2) is 4.99 Å². The fourth-order valence-electron chi connectivity index (χ4n) is 3.01. The summed E-state index contributed by atoms with van der Waals surface area (Å²) in [6.07, 6.45) is 5.55. The van der Waals surface area contributed by atoms with Crippen molar-refractivity contribution in [3.05, 3.63) is 0 Å². The second kappa shape index (κ2) is 11.9. The van der Waals surface area contributed by atoms with Crippen LogP contribution in [-0.4, -0.2) is 82.7 Å². The second-order valence-corrected chi connectivity index (χ2v) is 6.78. The SMILES string of the molecule is COCCNC(=NCC(=O)N(C)C)NCC1COC2(CCCCC2)O1.I. The Balaban J connectivity index is 0.00000338. The lowest BCUT2D eigenvalue weighted by Gasteiger charge is -2.31. The molecule has 2 N–H and O–H groups in total. The molecule has 2 fully saturated rings. The summed E-state index contributed by atoms with van der Waals surface area (Å²) in [4.78, 5) is 17.6. The molecule has 1 spiro atoms. The van der Waals surface area contributed by atoms with Crippen LogP contribution in [0, 0.1) is 0 Å². The molecule has 1 aliphatic heterocycles. The summed E-state index contributed by atoms with van der Waals surface area (Å²) in [5.74, 6) is 0.168. The Labute approximate surface area is 173 Å². The number of carbonyl (C=O) groups is 1. The molecule has 0 aromatic carbocycles. The monoisotopic (exact) mass is 484 g/mol. The van der Waals surface area contributed by atoms with Crippen molar-refractivity contribution in [3.63, 3.8) is 0 Å². The van der Waals surface area contributed by atoms with Gasteiger partial charge in [-0.2, -0.15) is 0 Å². The largest absolute Gasteiger partial charge is 0.383 e. The number of carbonyl (C=O) groups excluding carboxylic acids is 1. The fourth-order valence-corrected chi connectivity index (χ4v) is 3.01. The number of guanidine groups is 1. The molecule has 1 atom stereocenters. The van der Waals surface area contributed by atoms with Crippen LogP contribution < -0.4 is 10.6 Å². The molecule has 8 nitrogen and oxygen atoms in total. The van der Waals surface area contributed by atoms with E-state index in [-0.39, 0.29) is 48.3 Å². The number of amides is 1. The topological polar surface area (TPSA) is 84.4 Å². The number of hydrogen-bond acceptors (Lipinski definition) is 5. The van der Waals surface area contributed by atoms with Crippen molar-refractivity contribution in [2.24, 2.45) is 4.99 Å². The lowest BCUT2D eigenvalue weighted by molar-refractivity contribution is -0.186. The lowest BCUT2D eigenvalue weighted by atomic mass is 9.94. The molecule has 0 radical (unpaired) electrons. The number of aliphatic imine (C=N–C) groups is 1.